The Balaban J connectivity index is 2.35. The van der Waals surface area contributed by atoms with Gasteiger partial charge in [0.25, 0.3) is 0 Å². The van der Waals surface area contributed by atoms with Crippen LogP contribution in [0.3, 0.4) is 0 Å². The van der Waals surface area contributed by atoms with Crippen molar-refractivity contribution in [2.45, 2.75) is 19.8 Å². The first kappa shape index (κ1) is 10.6. The number of nitrogens with zero attached hydrogens (tertiary/aromatic N) is 1. The van der Waals surface area contributed by atoms with E-state index in [4.69, 9.17) is 0 Å². The lowest BCUT2D eigenvalue weighted by Crippen LogP contribution is -1.87. The molecular formula is C13H15N3S. The summed E-state index contributed by atoms with van der Waals surface area (Å²) in [4.78, 5) is 1.42. The second-order valence-electron chi connectivity index (χ2n) is 4.53. The van der Waals surface area contributed by atoms with Gasteiger partial charge in [0, 0.05) is 27.4 Å². The molecular weight excluding hydrogens is 230 g/mol. The normalized spacial score (nSPS) is 11.8. The minimum Gasteiger partial charge on any atom is -0.371 e. The van der Waals surface area contributed by atoms with Crippen LogP contribution in [0.2, 0.25) is 0 Å². The van der Waals surface area contributed by atoms with E-state index in [1.807, 2.05) is 18.4 Å². The Morgan fingerprint density at radius 3 is 2.82 bits per heavy atom. The highest BCUT2D eigenvalue weighted by atomic mass is 32.1. The first-order chi connectivity index (χ1) is 8.20. The number of H-pyrrole nitrogens is 1. The molecule has 0 atom stereocenters. The van der Waals surface area contributed by atoms with Gasteiger partial charge in [0.1, 0.15) is 0 Å². The molecule has 0 radical (unpaired) electrons. The molecule has 3 aromatic rings. The second-order valence-corrected chi connectivity index (χ2v) is 5.64. The molecule has 0 saturated carbocycles. The SMILES string of the molecule is CNc1n[nH]c2c1ccc1sc(C(C)C)cc12. The van der Waals surface area contributed by atoms with Crippen molar-refractivity contribution >= 4 is 38.1 Å². The van der Waals surface area contributed by atoms with Gasteiger partial charge in [-0.3, -0.25) is 5.10 Å². The third-order valence-corrected chi connectivity index (χ3v) is 4.46. The van der Waals surface area contributed by atoms with Crippen molar-refractivity contribution in [2.75, 3.05) is 12.4 Å². The van der Waals surface area contributed by atoms with E-state index >= 15 is 0 Å². The van der Waals surface area contributed by atoms with Crippen LogP contribution in [-0.2, 0) is 0 Å². The molecule has 17 heavy (non-hydrogen) atoms. The zero-order valence-corrected chi connectivity index (χ0v) is 11.0. The fourth-order valence-electron chi connectivity index (χ4n) is 2.10. The highest BCUT2D eigenvalue weighted by Crippen LogP contribution is 2.35. The maximum Gasteiger partial charge on any atom is 0.155 e. The summed E-state index contributed by atoms with van der Waals surface area (Å²) in [5.41, 5.74) is 1.13. The minimum absolute atomic E-state index is 0.578. The number of rotatable bonds is 2. The van der Waals surface area contributed by atoms with Crippen LogP contribution >= 0.6 is 11.3 Å². The molecule has 0 unspecified atom stereocenters. The number of aromatic nitrogens is 2. The van der Waals surface area contributed by atoms with Crippen LogP contribution in [0.15, 0.2) is 18.2 Å². The van der Waals surface area contributed by atoms with Crippen molar-refractivity contribution in [1.29, 1.82) is 0 Å². The van der Waals surface area contributed by atoms with Crippen molar-refractivity contribution in [3.05, 3.63) is 23.1 Å². The maximum absolute atomic E-state index is 4.29. The van der Waals surface area contributed by atoms with Gasteiger partial charge in [-0.15, -0.1) is 11.3 Å². The van der Waals surface area contributed by atoms with Crippen LogP contribution in [0.1, 0.15) is 24.6 Å². The lowest BCUT2D eigenvalue weighted by Gasteiger charge is -1.96. The molecule has 0 aliphatic carbocycles. The second kappa shape index (κ2) is 3.74. The summed E-state index contributed by atoms with van der Waals surface area (Å²) in [5.74, 6) is 1.49. The number of fused-ring (bicyclic) bond motifs is 3. The van der Waals surface area contributed by atoms with E-state index in [1.54, 1.807) is 0 Å². The van der Waals surface area contributed by atoms with Gasteiger partial charge >= 0.3 is 0 Å². The molecule has 0 spiro atoms. The summed E-state index contributed by atoms with van der Waals surface area (Å²) in [6.07, 6.45) is 0. The number of anilines is 1. The van der Waals surface area contributed by atoms with E-state index in [-0.39, 0.29) is 0 Å². The van der Waals surface area contributed by atoms with E-state index in [2.05, 4.69) is 47.6 Å². The molecule has 0 aliphatic heterocycles. The smallest absolute Gasteiger partial charge is 0.155 e. The molecule has 0 amide bonds. The van der Waals surface area contributed by atoms with Crippen molar-refractivity contribution in [1.82, 2.24) is 10.2 Å². The standard InChI is InChI=1S/C13H15N3S/c1-7(2)11-6-9-10(17-11)5-4-8-12(9)15-16-13(8)14-3/h4-7H,1-3H3,(H2,14,15,16). The Kier molecular flexibility index (Phi) is 2.33. The Morgan fingerprint density at radius 1 is 1.29 bits per heavy atom. The molecule has 3 nitrogen and oxygen atoms in total. The van der Waals surface area contributed by atoms with Gasteiger partial charge < -0.3 is 5.32 Å². The number of aromatic amines is 1. The van der Waals surface area contributed by atoms with E-state index in [9.17, 15) is 0 Å². The quantitative estimate of drug-likeness (QED) is 0.718. The summed E-state index contributed by atoms with van der Waals surface area (Å²) >= 11 is 1.87. The van der Waals surface area contributed by atoms with Gasteiger partial charge in [-0.1, -0.05) is 13.8 Å². The number of hydrogen-bond donors (Lipinski definition) is 2. The number of benzene rings is 1. The fourth-order valence-corrected chi connectivity index (χ4v) is 3.17. The van der Waals surface area contributed by atoms with Crippen LogP contribution in [0.4, 0.5) is 5.82 Å². The highest BCUT2D eigenvalue weighted by molar-refractivity contribution is 7.19. The van der Waals surface area contributed by atoms with Crippen molar-refractivity contribution < 1.29 is 0 Å². The predicted molar refractivity (Wildman–Crippen MR) is 75.1 cm³/mol. The third kappa shape index (κ3) is 1.52. The minimum atomic E-state index is 0.578. The Hall–Kier alpha value is -1.55. The summed E-state index contributed by atoms with van der Waals surface area (Å²) in [5, 5.41) is 13.0. The van der Waals surface area contributed by atoms with Gasteiger partial charge in [-0.05, 0) is 24.1 Å². The largest absolute Gasteiger partial charge is 0.371 e. The molecule has 0 saturated heterocycles. The molecule has 3 rings (SSSR count). The van der Waals surface area contributed by atoms with E-state index in [0.717, 1.165) is 16.7 Å². The fraction of sp³-hybridized carbons (Fsp3) is 0.308. The summed E-state index contributed by atoms with van der Waals surface area (Å²) in [7, 11) is 1.90. The van der Waals surface area contributed by atoms with Gasteiger partial charge in [0.15, 0.2) is 5.82 Å². The van der Waals surface area contributed by atoms with Gasteiger partial charge in [-0.2, -0.15) is 5.10 Å². The molecule has 2 N–H and O–H groups in total. The Morgan fingerprint density at radius 2 is 2.12 bits per heavy atom. The zero-order chi connectivity index (χ0) is 12.0. The van der Waals surface area contributed by atoms with E-state index in [0.29, 0.717) is 5.92 Å². The lowest BCUT2D eigenvalue weighted by molar-refractivity contribution is 0.890. The van der Waals surface area contributed by atoms with Crippen LogP contribution in [0.25, 0.3) is 21.0 Å². The predicted octanol–water partition coefficient (Wildman–Crippen LogP) is 3.94. The number of nitrogens with one attached hydrogen (secondary N) is 2. The summed E-state index contributed by atoms with van der Waals surface area (Å²) in [6.45, 7) is 4.46. The average Bonchev–Trinajstić information content (AvgIpc) is 2.91. The van der Waals surface area contributed by atoms with Gasteiger partial charge in [-0.25, -0.2) is 0 Å². The van der Waals surface area contributed by atoms with E-state index < -0.39 is 0 Å². The Bertz CT molecular complexity index is 678. The molecule has 88 valence electrons. The zero-order valence-electron chi connectivity index (χ0n) is 10.2. The number of hydrogen-bond acceptors (Lipinski definition) is 3. The molecule has 1 aromatic carbocycles. The van der Waals surface area contributed by atoms with Crippen LogP contribution in [-0.4, -0.2) is 17.2 Å². The van der Waals surface area contributed by atoms with Crippen molar-refractivity contribution in [3.63, 3.8) is 0 Å². The summed E-state index contributed by atoms with van der Waals surface area (Å²) in [6, 6.07) is 6.60. The monoisotopic (exact) mass is 245 g/mol. The molecule has 4 heteroatoms. The molecule has 0 bridgehead atoms. The van der Waals surface area contributed by atoms with E-state index in [1.165, 1.54) is 15.0 Å². The van der Waals surface area contributed by atoms with Gasteiger partial charge in [0.05, 0.1) is 5.52 Å². The van der Waals surface area contributed by atoms with Crippen LogP contribution in [0, 0.1) is 0 Å². The molecule has 0 fully saturated rings. The first-order valence-corrected chi connectivity index (χ1v) is 6.60. The lowest BCUT2D eigenvalue weighted by atomic mass is 10.1. The van der Waals surface area contributed by atoms with Crippen molar-refractivity contribution in [2.24, 2.45) is 0 Å². The number of thiophene rings is 1. The van der Waals surface area contributed by atoms with Crippen LogP contribution < -0.4 is 5.32 Å². The topological polar surface area (TPSA) is 40.7 Å². The highest BCUT2D eigenvalue weighted by Gasteiger charge is 2.11. The molecule has 0 aliphatic rings. The first-order valence-electron chi connectivity index (χ1n) is 5.79. The van der Waals surface area contributed by atoms with Crippen molar-refractivity contribution in [3.8, 4) is 0 Å². The molecule has 2 aromatic heterocycles. The maximum atomic E-state index is 4.29. The van der Waals surface area contributed by atoms with Crippen LogP contribution in [0.5, 0.6) is 0 Å². The average molecular weight is 245 g/mol. The van der Waals surface area contributed by atoms with Gasteiger partial charge in [0.2, 0.25) is 0 Å². The molecule has 2 heterocycles. The third-order valence-electron chi connectivity index (χ3n) is 3.06. The summed E-state index contributed by atoms with van der Waals surface area (Å²) < 4.78 is 1.33. The Labute approximate surface area is 104 Å².